The maximum absolute atomic E-state index is 4.51. The average Bonchev–Trinajstić information content (AvgIpc) is 2.54. The maximum Gasteiger partial charge on any atom is -0.00925 e. The predicted octanol–water partition coefficient (Wildman–Crippen LogP) is 5.43. The van der Waals surface area contributed by atoms with E-state index >= 15 is 0 Å². The smallest absolute Gasteiger partial charge is 0.00925 e. The number of hydrogen-bond donors (Lipinski definition) is 1. The van der Waals surface area contributed by atoms with Crippen LogP contribution in [0.1, 0.15) is 66.7 Å². The van der Waals surface area contributed by atoms with E-state index in [1.807, 2.05) is 0 Å². The van der Waals surface area contributed by atoms with Gasteiger partial charge in [0.2, 0.25) is 0 Å². The molecule has 0 bridgehead atoms. The fourth-order valence-electron chi connectivity index (χ4n) is 4.49. The van der Waals surface area contributed by atoms with Crippen LogP contribution in [0.2, 0.25) is 0 Å². The van der Waals surface area contributed by atoms with Gasteiger partial charge in [-0.05, 0) is 60.5 Å². The van der Waals surface area contributed by atoms with Crippen LogP contribution in [0, 0.1) is 29.1 Å². The van der Waals surface area contributed by atoms with E-state index in [0.717, 1.165) is 29.4 Å². The van der Waals surface area contributed by atoms with Gasteiger partial charge in [-0.3, -0.25) is 0 Å². The van der Waals surface area contributed by atoms with Crippen LogP contribution in [0.25, 0.3) is 0 Å². The van der Waals surface area contributed by atoms with E-state index in [0.29, 0.717) is 5.41 Å². The van der Waals surface area contributed by atoms with E-state index in [4.69, 9.17) is 0 Å². The summed E-state index contributed by atoms with van der Waals surface area (Å²) in [5.41, 5.74) is 0.560. The van der Waals surface area contributed by atoms with E-state index in [-0.39, 0.29) is 0 Å². The molecule has 0 saturated heterocycles. The van der Waals surface area contributed by atoms with E-state index < -0.39 is 0 Å². The molecule has 102 valence electrons. The van der Waals surface area contributed by atoms with Gasteiger partial charge in [0.1, 0.15) is 0 Å². The van der Waals surface area contributed by atoms with Gasteiger partial charge in [0.25, 0.3) is 0 Å². The van der Waals surface area contributed by atoms with Gasteiger partial charge in [-0.25, -0.2) is 0 Å². The second-order valence-electron chi connectivity index (χ2n) is 6.88. The molecule has 0 aromatic rings. The molecule has 1 saturated carbocycles. The Labute approximate surface area is 114 Å². The molecule has 17 heavy (non-hydrogen) atoms. The molecular weight excluding hydrogens is 224 g/mol. The normalized spacial score (nSPS) is 35.5. The molecule has 0 aromatic carbocycles. The van der Waals surface area contributed by atoms with E-state index in [1.54, 1.807) is 0 Å². The van der Waals surface area contributed by atoms with Crippen LogP contribution < -0.4 is 0 Å². The van der Waals surface area contributed by atoms with Gasteiger partial charge in [-0.1, -0.05) is 41.0 Å². The molecule has 4 atom stereocenters. The second-order valence-corrected chi connectivity index (χ2v) is 7.32. The van der Waals surface area contributed by atoms with E-state index in [9.17, 15) is 0 Å². The van der Waals surface area contributed by atoms with Crippen molar-refractivity contribution in [1.82, 2.24) is 0 Å². The first kappa shape index (κ1) is 15.4. The van der Waals surface area contributed by atoms with Gasteiger partial charge in [-0.15, -0.1) is 0 Å². The van der Waals surface area contributed by atoms with Crippen LogP contribution in [0.4, 0.5) is 0 Å². The van der Waals surface area contributed by atoms with Gasteiger partial charge in [-0.2, -0.15) is 12.6 Å². The Morgan fingerprint density at radius 2 is 1.88 bits per heavy atom. The highest BCUT2D eigenvalue weighted by atomic mass is 32.1. The maximum atomic E-state index is 4.51. The van der Waals surface area contributed by atoms with Gasteiger partial charge >= 0.3 is 0 Å². The number of rotatable bonds is 6. The standard InChI is InChI=1S/C16H32S/c1-6-14-7-8-15(13(4)11-12(2)3)16(14,5)9-10-17/h12-15,17H,6-11H2,1-5H3. The van der Waals surface area contributed by atoms with Crippen molar-refractivity contribution in [3.05, 3.63) is 0 Å². The molecule has 0 nitrogen and oxygen atoms in total. The Kier molecular flexibility index (Phi) is 5.89. The Balaban J connectivity index is 2.76. The number of hydrogen-bond acceptors (Lipinski definition) is 1. The molecule has 0 aromatic heterocycles. The largest absolute Gasteiger partial charge is 0.179 e. The topological polar surface area (TPSA) is 0 Å². The zero-order valence-corrected chi connectivity index (χ0v) is 13.4. The minimum absolute atomic E-state index is 0.560. The molecule has 0 heterocycles. The molecule has 1 aliphatic rings. The minimum Gasteiger partial charge on any atom is -0.179 e. The summed E-state index contributed by atoms with van der Waals surface area (Å²) in [5, 5.41) is 0. The molecule has 1 aliphatic carbocycles. The van der Waals surface area contributed by atoms with Gasteiger partial charge in [0.05, 0.1) is 0 Å². The monoisotopic (exact) mass is 256 g/mol. The SMILES string of the molecule is CCC1CCC(C(C)CC(C)C)C1(C)CCS. The summed E-state index contributed by atoms with van der Waals surface area (Å²) in [7, 11) is 0. The van der Waals surface area contributed by atoms with Crippen LogP contribution in [-0.2, 0) is 0 Å². The molecule has 0 N–H and O–H groups in total. The summed E-state index contributed by atoms with van der Waals surface area (Å²) in [6.45, 7) is 12.1. The van der Waals surface area contributed by atoms with Crippen molar-refractivity contribution >= 4 is 12.6 Å². The first-order valence-electron chi connectivity index (χ1n) is 7.56. The Hall–Kier alpha value is 0.350. The highest BCUT2D eigenvalue weighted by Gasteiger charge is 2.46. The van der Waals surface area contributed by atoms with Crippen molar-refractivity contribution in [1.29, 1.82) is 0 Å². The molecule has 0 aliphatic heterocycles. The molecule has 1 heteroatoms. The van der Waals surface area contributed by atoms with Gasteiger partial charge in [0, 0.05) is 0 Å². The molecule has 1 fully saturated rings. The Morgan fingerprint density at radius 3 is 2.35 bits per heavy atom. The van der Waals surface area contributed by atoms with Crippen molar-refractivity contribution in [3.63, 3.8) is 0 Å². The average molecular weight is 256 g/mol. The van der Waals surface area contributed by atoms with Crippen LogP contribution in [0.3, 0.4) is 0 Å². The summed E-state index contributed by atoms with van der Waals surface area (Å²) in [6, 6.07) is 0. The van der Waals surface area contributed by atoms with E-state index in [1.165, 1.54) is 32.1 Å². The quantitative estimate of drug-likeness (QED) is 0.602. The first-order valence-corrected chi connectivity index (χ1v) is 8.19. The van der Waals surface area contributed by atoms with Gasteiger partial charge < -0.3 is 0 Å². The molecule has 0 spiro atoms. The highest BCUT2D eigenvalue weighted by molar-refractivity contribution is 7.80. The summed E-state index contributed by atoms with van der Waals surface area (Å²) in [6.07, 6.45) is 6.96. The third-order valence-electron chi connectivity index (χ3n) is 5.28. The van der Waals surface area contributed by atoms with Crippen LogP contribution in [0.15, 0.2) is 0 Å². The fourth-order valence-corrected chi connectivity index (χ4v) is 4.97. The predicted molar refractivity (Wildman–Crippen MR) is 81.7 cm³/mol. The summed E-state index contributed by atoms with van der Waals surface area (Å²) >= 11 is 4.51. The van der Waals surface area contributed by atoms with Crippen LogP contribution in [0.5, 0.6) is 0 Å². The fraction of sp³-hybridized carbons (Fsp3) is 1.00. The third-order valence-corrected chi connectivity index (χ3v) is 5.50. The van der Waals surface area contributed by atoms with Crippen molar-refractivity contribution in [3.8, 4) is 0 Å². The Morgan fingerprint density at radius 1 is 1.24 bits per heavy atom. The van der Waals surface area contributed by atoms with Crippen molar-refractivity contribution in [2.45, 2.75) is 66.7 Å². The molecule has 0 radical (unpaired) electrons. The Bertz CT molecular complexity index is 224. The highest BCUT2D eigenvalue weighted by Crippen LogP contribution is 2.55. The zero-order chi connectivity index (χ0) is 13.1. The van der Waals surface area contributed by atoms with Crippen molar-refractivity contribution < 1.29 is 0 Å². The molecule has 1 rings (SSSR count). The lowest BCUT2D eigenvalue weighted by atomic mass is 9.66. The lowest BCUT2D eigenvalue weighted by molar-refractivity contribution is 0.0983. The number of thiol groups is 1. The minimum atomic E-state index is 0.560. The molecule has 4 unspecified atom stereocenters. The molecular formula is C16H32S. The van der Waals surface area contributed by atoms with Crippen LogP contribution in [-0.4, -0.2) is 5.75 Å². The molecule has 0 amide bonds. The summed E-state index contributed by atoms with van der Waals surface area (Å²) < 4.78 is 0. The summed E-state index contributed by atoms with van der Waals surface area (Å²) in [4.78, 5) is 0. The van der Waals surface area contributed by atoms with Crippen molar-refractivity contribution in [2.24, 2.45) is 29.1 Å². The summed E-state index contributed by atoms with van der Waals surface area (Å²) in [5.74, 6) is 4.65. The van der Waals surface area contributed by atoms with Gasteiger partial charge in [0.15, 0.2) is 0 Å². The lowest BCUT2D eigenvalue weighted by Gasteiger charge is -2.40. The van der Waals surface area contributed by atoms with Crippen molar-refractivity contribution in [2.75, 3.05) is 5.75 Å². The second kappa shape index (κ2) is 6.50. The third kappa shape index (κ3) is 3.43. The van der Waals surface area contributed by atoms with E-state index in [2.05, 4.69) is 47.2 Å². The lowest BCUT2D eigenvalue weighted by Crippen LogP contribution is -2.33. The van der Waals surface area contributed by atoms with Crippen LogP contribution >= 0.6 is 12.6 Å². The zero-order valence-electron chi connectivity index (χ0n) is 12.5. The first-order chi connectivity index (χ1) is 7.95.